The van der Waals surface area contributed by atoms with Gasteiger partial charge < -0.3 is 20.1 Å². The first-order valence-electron chi connectivity index (χ1n) is 6.96. The van der Waals surface area contributed by atoms with Gasteiger partial charge in [-0.1, -0.05) is 0 Å². The Morgan fingerprint density at radius 3 is 1.85 bits per heavy atom. The van der Waals surface area contributed by atoms with E-state index in [4.69, 9.17) is 15.0 Å². The van der Waals surface area contributed by atoms with Crippen LogP contribution in [0, 0.1) is 13.8 Å². The minimum atomic E-state index is -0.484. The second kappa shape index (κ2) is 4.76. The van der Waals surface area contributed by atoms with E-state index in [0.29, 0.717) is 0 Å². The lowest BCUT2D eigenvalue weighted by atomic mass is 9.72. The number of phenols is 1. The van der Waals surface area contributed by atoms with Crippen molar-refractivity contribution in [2.24, 2.45) is 5.73 Å². The standard InChI is InChI=1S/C15H24BNO3/c1-9-7-11(18)8-10(2)12(9)13(17)16-19-14(3,4)15(5,6)20-16/h7-8,13,18H,17H2,1-6H3/t13-/m1/s1. The largest absolute Gasteiger partial charge is 0.508 e. The monoisotopic (exact) mass is 277 g/mol. The van der Waals surface area contributed by atoms with Crippen LogP contribution in [0.25, 0.3) is 0 Å². The molecule has 0 aliphatic carbocycles. The Morgan fingerprint density at radius 2 is 1.45 bits per heavy atom. The molecule has 5 heteroatoms. The molecule has 1 atom stereocenters. The zero-order valence-corrected chi connectivity index (χ0v) is 13.2. The number of hydrogen-bond donors (Lipinski definition) is 2. The first-order valence-corrected chi connectivity index (χ1v) is 6.96. The smallest absolute Gasteiger partial charge is 0.480 e. The third kappa shape index (κ3) is 2.46. The fourth-order valence-corrected chi connectivity index (χ4v) is 2.65. The molecule has 2 rings (SSSR count). The maximum absolute atomic E-state index is 9.63. The van der Waals surface area contributed by atoms with E-state index in [2.05, 4.69) is 0 Å². The van der Waals surface area contributed by atoms with Gasteiger partial charge in [-0.15, -0.1) is 0 Å². The lowest BCUT2D eigenvalue weighted by Crippen LogP contribution is -2.41. The van der Waals surface area contributed by atoms with E-state index in [9.17, 15) is 5.11 Å². The van der Waals surface area contributed by atoms with Crippen molar-refractivity contribution in [3.05, 3.63) is 28.8 Å². The van der Waals surface area contributed by atoms with Crippen molar-refractivity contribution in [2.45, 2.75) is 58.7 Å². The summed E-state index contributed by atoms with van der Waals surface area (Å²) in [4.78, 5) is 0. The minimum absolute atomic E-state index is 0.255. The predicted octanol–water partition coefficient (Wildman–Crippen LogP) is 2.64. The van der Waals surface area contributed by atoms with Crippen LogP contribution in [0.1, 0.15) is 50.3 Å². The Kier molecular flexibility index (Phi) is 3.65. The summed E-state index contributed by atoms with van der Waals surface area (Å²) >= 11 is 0. The van der Waals surface area contributed by atoms with Gasteiger partial charge in [0.15, 0.2) is 0 Å². The molecule has 1 aromatic carbocycles. The van der Waals surface area contributed by atoms with Crippen LogP contribution in [0.5, 0.6) is 5.75 Å². The Bertz CT molecular complexity index is 489. The number of hydrogen-bond acceptors (Lipinski definition) is 4. The molecule has 1 aromatic rings. The molecule has 1 fully saturated rings. The van der Waals surface area contributed by atoms with Crippen molar-refractivity contribution in [2.75, 3.05) is 0 Å². The molecule has 0 amide bonds. The lowest BCUT2D eigenvalue weighted by Gasteiger charge is -2.32. The van der Waals surface area contributed by atoms with Crippen molar-refractivity contribution < 1.29 is 14.4 Å². The molecule has 0 unspecified atom stereocenters. The van der Waals surface area contributed by atoms with Gasteiger partial charge in [0.25, 0.3) is 0 Å². The van der Waals surface area contributed by atoms with E-state index in [1.54, 1.807) is 12.1 Å². The molecule has 1 aliphatic heterocycles. The van der Waals surface area contributed by atoms with Gasteiger partial charge in [0.1, 0.15) is 5.75 Å². The Labute approximate surface area is 121 Å². The summed E-state index contributed by atoms with van der Waals surface area (Å²) in [6.07, 6.45) is 0. The number of rotatable bonds is 2. The van der Waals surface area contributed by atoms with Gasteiger partial charge in [0.05, 0.1) is 17.1 Å². The van der Waals surface area contributed by atoms with E-state index < -0.39 is 18.3 Å². The highest BCUT2D eigenvalue weighted by Crippen LogP contribution is 2.40. The van der Waals surface area contributed by atoms with E-state index in [0.717, 1.165) is 16.7 Å². The summed E-state index contributed by atoms with van der Waals surface area (Å²) in [7, 11) is -0.484. The highest BCUT2D eigenvalue weighted by molar-refractivity contribution is 6.47. The van der Waals surface area contributed by atoms with Gasteiger partial charge in [-0.3, -0.25) is 0 Å². The number of aromatic hydroxyl groups is 1. The maximum Gasteiger partial charge on any atom is 0.480 e. The molecule has 0 spiro atoms. The first kappa shape index (κ1) is 15.4. The molecule has 1 heterocycles. The molecule has 0 radical (unpaired) electrons. The van der Waals surface area contributed by atoms with Crippen molar-refractivity contribution >= 4 is 7.12 Å². The van der Waals surface area contributed by atoms with Crippen LogP contribution in [0.2, 0.25) is 0 Å². The van der Waals surface area contributed by atoms with Crippen LogP contribution >= 0.6 is 0 Å². The summed E-state index contributed by atoms with van der Waals surface area (Å²) in [6.45, 7) is 11.9. The molecular weight excluding hydrogens is 253 g/mol. The predicted molar refractivity (Wildman–Crippen MR) is 80.6 cm³/mol. The minimum Gasteiger partial charge on any atom is -0.508 e. The van der Waals surface area contributed by atoms with Crippen LogP contribution in [-0.2, 0) is 9.31 Å². The van der Waals surface area contributed by atoms with Gasteiger partial charge in [-0.2, -0.15) is 0 Å². The van der Waals surface area contributed by atoms with Gasteiger partial charge in [-0.25, -0.2) is 0 Å². The molecule has 0 saturated carbocycles. The first-order chi connectivity index (χ1) is 9.05. The van der Waals surface area contributed by atoms with Crippen molar-refractivity contribution in [3.8, 4) is 5.75 Å². The maximum atomic E-state index is 9.63. The van der Waals surface area contributed by atoms with Gasteiger partial charge >= 0.3 is 7.12 Å². The molecule has 3 N–H and O–H groups in total. The highest BCUT2D eigenvalue weighted by Gasteiger charge is 2.53. The zero-order chi connectivity index (χ0) is 15.3. The van der Waals surface area contributed by atoms with E-state index in [-0.39, 0.29) is 11.7 Å². The SMILES string of the molecule is Cc1cc(O)cc(C)c1[C@@H](N)B1OC(C)(C)C(C)(C)O1. The van der Waals surface area contributed by atoms with Crippen LogP contribution in [-0.4, -0.2) is 23.4 Å². The second-order valence-corrected chi connectivity index (χ2v) is 6.64. The summed E-state index contributed by atoms with van der Waals surface area (Å²) in [6, 6.07) is 3.43. The fraction of sp³-hybridized carbons (Fsp3) is 0.600. The highest BCUT2D eigenvalue weighted by atomic mass is 16.7. The van der Waals surface area contributed by atoms with Gasteiger partial charge in [0, 0.05) is 0 Å². The van der Waals surface area contributed by atoms with Gasteiger partial charge in [0.2, 0.25) is 0 Å². The normalized spacial score (nSPS) is 22.1. The molecule has 110 valence electrons. The topological polar surface area (TPSA) is 64.7 Å². The van der Waals surface area contributed by atoms with Crippen molar-refractivity contribution in [3.63, 3.8) is 0 Å². The number of nitrogens with two attached hydrogens (primary N) is 1. The third-order valence-corrected chi connectivity index (χ3v) is 4.48. The number of phenolic OH excluding ortho intramolecular Hbond substituents is 1. The van der Waals surface area contributed by atoms with Crippen LogP contribution in [0.3, 0.4) is 0 Å². The molecule has 0 aromatic heterocycles. The summed E-state index contributed by atoms with van der Waals surface area (Å²) < 4.78 is 12.0. The third-order valence-electron chi connectivity index (χ3n) is 4.48. The molecule has 20 heavy (non-hydrogen) atoms. The van der Waals surface area contributed by atoms with Crippen LogP contribution in [0.15, 0.2) is 12.1 Å². The van der Waals surface area contributed by atoms with Gasteiger partial charge in [-0.05, 0) is 70.4 Å². The Hall–Kier alpha value is -1.04. The molecule has 1 aliphatic rings. The fourth-order valence-electron chi connectivity index (χ4n) is 2.65. The molecule has 4 nitrogen and oxygen atoms in total. The zero-order valence-electron chi connectivity index (χ0n) is 13.2. The number of aryl methyl sites for hydroxylation is 2. The Balaban J connectivity index is 2.33. The summed E-state index contributed by atoms with van der Waals surface area (Å²) in [5.74, 6) is -0.124. The number of benzene rings is 1. The van der Waals surface area contributed by atoms with E-state index >= 15 is 0 Å². The molecule has 1 saturated heterocycles. The average Bonchev–Trinajstić information content (AvgIpc) is 2.46. The van der Waals surface area contributed by atoms with Crippen molar-refractivity contribution in [1.29, 1.82) is 0 Å². The summed E-state index contributed by atoms with van der Waals surface area (Å²) in [5.41, 5.74) is 8.44. The average molecular weight is 277 g/mol. The Morgan fingerprint density at radius 1 is 1.05 bits per heavy atom. The van der Waals surface area contributed by atoms with Crippen molar-refractivity contribution in [1.82, 2.24) is 0 Å². The van der Waals surface area contributed by atoms with Crippen LogP contribution in [0.4, 0.5) is 0 Å². The summed E-state index contributed by atoms with van der Waals surface area (Å²) in [5, 5.41) is 9.63. The second-order valence-electron chi connectivity index (χ2n) is 6.64. The lowest BCUT2D eigenvalue weighted by molar-refractivity contribution is 0.00578. The molecule has 0 bridgehead atoms. The van der Waals surface area contributed by atoms with E-state index in [1.165, 1.54) is 0 Å². The quantitative estimate of drug-likeness (QED) is 0.816. The van der Waals surface area contributed by atoms with E-state index in [1.807, 2.05) is 41.5 Å². The van der Waals surface area contributed by atoms with Crippen LogP contribution < -0.4 is 5.73 Å². The molecular formula is C15H24BNO3.